The van der Waals surface area contributed by atoms with Crippen LogP contribution in [0.5, 0.6) is 0 Å². The molecule has 1 aliphatic rings. The largest absolute Gasteiger partial charge is 0.416 e. The smallest absolute Gasteiger partial charge is 0.372 e. The molecule has 38 heavy (non-hydrogen) atoms. The van der Waals surface area contributed by atoms with Gasteiger partial charge in [0, 0.05) is 6.54 Å². The molecule has 0 amide bonds. The Morgan fingerprint density at radius 3 is 2.18 bits per heavy atom. The molecule has 2 aromatic carbocycles. The van der Waals surface area contributed by atoms with E-state index in [1.807, 2.05) is 0 Å². The van der Waals surface area contributed by atoms with Gasteiger partial charge in [0.25, 0.3) is 0 Å². The van der Waals surface area contributed by atoms with Crippen molar-refractivity contribution in [3.63, 3.8) is 0 Å². The number of halogens is 6. The van der Waals surface area contributed by atoms with Gasteiger partial charge in [-0.3, -0.25) is 4.57 Å². The Morgan fingerprint density at radius 1 is 1.08 bits per heavy atom. The third-order valence-corrected chi connectivity index (χ3v) is 6.89. The summed E-state index contributed by atoms with van der Waals surface area (Å²) < 4.78 is 87.1. The molecule has 2 N–H and O–H groups in total. The van der Waals surface area contributed by atoms with Crippen LogP contribution in [-0.2, 0) is 28.2 Å². The summed E-state index contributed by atoms with van der Waals surface area (Å²) in [5.74, 6) is 0. The molecule has 3 atom stereocenters. The van der Waals surface area contributed by atoms with Crippen LogP contribution in [0.25, 0.3) is 0 Å². The molecule has 0 aliphatic carbocycles. The van der Waals surface area contributed by atoms with Crippen LogP contribution in [0.4, 0.5) is 26.3 Å². The van der Waals surface area contributed by atoms with Crippen LogP contribution < -0.4 is 11.0 Å². The van der Waals surface area contributed by atoms with Crippen molar-refractivity contribution in [2.45, 2.75) is 49.3 Å². The summed E-state index contributed by atoms with van der Waals surface area (Å²) >= 11 is 0. The minimum absolute atomic E-state index is 0.0113. The molecule has 1 aliphatic heterocycles. The lowest BCUT2D eigenvalue weighted by molar-refractivity contribution is -0.143. The molecule has 0 spiro atoms. The first-order valence-electron chi connectivity index (χ1n) is 11.5. The fraction of sp³-hybridized carbons (Fsp3) is 0.400. The van der Waals surface area contributed by atoms with Crippen molar-refractivity contribution in [1.29, 1.82) is 5.26 Å². The van der Waals surface area contributed by atoms with E-state index in [1.165, 1.54) is 17.8 Å². The highest BCUT2D eigenvalue weighted by Gasteiger charge is 2.46. The van der Waals surface area contributed by atoms with E-state index in [-0.39, 0.29) is 37.6 Å². The van der Waals surface area contributed by atoms with Crippen molar-refractivity contribution in [2.24, 2.45) is 0 Å². The summed E-state index contributed by atoms with van der Waals surface area (Å²) in [5, 5.41) is 19.1. The average Bonchev–Trinajstić information content (AvgIpc) is 3.33. The number of nitrogens with zero attached hydrogens (tertiary/aromatic N) is 3. The molecular formula is C25H23F6N5O2. The van der Waals surface area contributed by atoms with Gasteiger partial charge in [-0.25, -0.2) is 9.89 Å². The van der Waals surface area contributed by atoms with Gasteiger partial charge >= 0.3 is 18.0 Å². The zero-order valence-corrected chi connectivity index (χ0v) is 20.0. The van der Waals surface area contributed by atoms with Crippen LogP contribution in [0, 0.1) is 11.3 Å². The van der Waals surface area contributed by atoms with Crippen molar-refractivity contribution in [1.82, 2.24) is 20.1 Å². The second-order valence-electron chi connectivity index (χ2n) is 9.27. The van der Waals surface area contributed by atoms with Gasteiger partial charge in [-0.2, -0.15) is 36.7 Å². The van der Waals surface area contributed by atoms with Gasteiger partial charge in [-0.15, -0.1) is 0 Å². The highest BCUT2D eigenvalue weighted by atomic mass is 19.4. The lowest BCUT2D eigenvalue weighted by Crippen LogP contribution is -2.59. The van der Waals surface area contributed by atoms with Gasteiger partial charge in [0.05, 0.1) is 35.4 Å². The van der Waals surface area contributed by atoms with Crippen molar-refractivity contribution in [3.05, 3.63) is 87.6 Å². The lowest BCUT2D eigenvalue weighted by Gasteiger charge is -2.45. The summed E-state index contributed by atoms with van der Waals surface area (Å²) in [7, 11) is 0. The Kier molecular flexibility index (Phi) is 7.15. The van der Waals surface area contributed by atoms with Crippen LogP contribution in [0.3, 0.4) is 0 Å². The van der Waals surface area contributed by atoms with Gasteiger partial charge in [0.15, 0.2) is 0 Å². The van der Waals surface area contributed by atoms with Crippen molar-refractivity contribution < 1.29 is 31.1 Å². The molecule has 0 bridgehead atoms. The van der Waals surface area contributed by atoms with Gasteiger partial charge in [-0.05, 0) is 49.1 Å². The number of nitrogens with one attached hydrogen (secondary N) is 2. The Hall–Kier alpha value is -3.63. The lowest BCUT2D eigenvalue weighted by atomic mass is 9.76. The summed E-state index contributed by atoms with van der Waals surface area (Å²) in [4.78, 5) is 12.2. The number of alkyl halides is 6. The monoisotopic (exact) mass is 539 g/mol. The number of ether oxygens (including phenoxy) is 1. The average molecular weight is 539 g/mol. The molecule has 4 rings (SSSR count). The minimum atomic E-state index is -4.97. The van der Waals surface area contributed by atoms with Crippen molar-refractivity contribution in [3.8, 4) is 6.07 Å². The van der Waals surface area contributed by atoms with E-state index in [2.05, 4.69) is 21.6 Å². The Bertz CT molecular complexity index is 1330. The number of piperidine rings is 1. The second-order valence-corrected chi connectivity index (χ2v) is 9.27. The Morgan fingerprint density at radius 2 is 1.71 bits per heavy atom. The predicted octanol–water partition coefficient (Wildman–Crippen LogP) is 4.88. The fourth-order valence-corrected chi connectivity index (χ4v) is 4.61. The fourth-order valence-electron chi connectivity index (χ4n) is 4.61. The van der Waals surface area contributed by atoms with E-state index in [1.54, 1.807) is 30.3 Å². The molecule has 1 aromatic heterocycles. The maximum Gasteiger partial charge on any atom is 0.416 e. The number of benzene rings is 2. The number of aromatic nitrogens is 3. The molecule has 0 radical (unpaired) electrons. The van der Waals surface area contributed by atoms with Crippen molar-refractivity contribution >= 4 is 0 Å². The first-order chi connectivity index (χ1) is 17.8. The first-order valence-corrected chi connectivity index (χ1v) is 11.5. The van der Waals surface area contributed by atoms with E-state index in [0.29, 0.717) is 12.1 Å². The third kappa shape index (κ3) is 5.32. The molecule has 202 valence electrons. The van der Waals surface area contributed by atoms with Crippen LogP contribution in [0.1, 0.15) is 48.1 Å². The standard InChI is InChI=1S/C25H23F6N5O2/c1-16(17-9-19(24(26,27)28)11-20(10-17)25(29,30)31)38-14-23(18-5-3-2-4-6-18)8-7-22(12-32,13-33-23)36-15-34-35-21(36)37/h2-6,9-11,15-16,33H,7-8,13-14H2,1H3,(H,35,37)/t16?,22-,23-/m1/s1. The van der Waals surface area contributed by atoms with Gasteiger partial charge < -0.3 is 10.1 Å². The molecule has 7 nitrogen and oxygen atoms in total. The molecule has 0 saturated carbocycles. The summed E-state index contributed by atoms with van der Waals surface area (Å²) in [6, 6.07) is 12.5. The van der Waals surface area contributed by atoms with Crippen molar-refractivity contribution in [2.75, 3.05) is 13.2 Å². The quantitative estimate of drug-likeness (QED) is 0.436. The SMILES string of the molecule is CC(OC[C@@]1(c2ccccc2)CC[C@](C#N)(n2cn[nH]c2=O)CN1)c1cc(C(F)(F)F)cc(C(F)(F)F)c1. The third-order valence-electron chi connectivity index (χ3n) is 6.89. The summed E-state index contributed by atoms with van der Waals surface area (Å²) in [5.41, 5.74) is -5.11. The normalized spacial score (nSPS) is 23.1. The maximum atomic E-state index is 13.3. The van der Waals surface area contributed by atoms with E-state index in [9.17, 15) is 36.4 Å². The molecule has 3 aromatic rings. The number of hydrogen-bond donors (Lipinski definition) is 2. The van der Waals surface area contributed by atoms with E-state index in [0.717, 1.165) is 5.56 Å². The zero-order chi connectivity index (χ0) is 27.8. The van der Waals surface area contributed by atoms with Gasteiger partial charge in [-0.1, -0.05) is 30.3 Å². The van der Waals surface area contributed by atoms with Gasteiger partial charge in [0.2, 0.25) is 0 Å². The van der Waals surface area contributed by atoms with E-state index >= 15 is 0 Å². The molecule has 2 heterocycles. The highest BCUT2D eigenvalue weighted by molar-refractivity contribution is 5.35. The number of rotatable bonds is 6. The summed E-state index contributed by atoms with van der Waals surface area (Å²) in [6.45, 7) is 1.26. The molecule has 1 fully saturated rings. The molecule has 1 unspecified atom stereocenters. The molecule has 1 saturated heterocycles. The highest BCUT2D eigenvalue weighted by Crippen LogP contribution is 2.40. The molecule has 13 heteroatoms. The number of H-pyrrole nitrogens is 1. The predicted molar refractivity (Wildman–Crippen MR) is 123 cm³/mol. The minimum Gasteiger partial charge on any atom is -0.372 e. The van der Waals surface area contributed by atoms with Crippen LogP contribution in [0.15, 0.2) is 59.7 Å². The zero-order valence-electron chi connectivity index (χ0n) is 20.0. The van der Waals surface area contributed by atoms with E-state index < -0.39 is 46.4 Å². The van der Waals surface area contributed by atoms with Crippen LogP contribution in [0.2, 0.25) is 0 Å². The maximum absolute atomic E-state index is 13.3. The second kappa shape index (κ2) is 9.92. The number of hydrogen-bond acceptors (Lipinski definition) is 5. The van der Waals surface area contributed by atoms with E-state index in [4.69, 9.17) is 4.74 Å². The number of aromatic amines is 1. The summed E-state index contributed by atoms with van der Waals surface area (Å²) in [6.07, 6.45) is -9.38. The van der Waals surface area contributed by atoms with Crippen LogP contribution >= 0.6 is 0 Å². The van der Waals surface area contributed by atoms with Gasteiger partial charge in [0.1, 0.15) is 11.9 Å². The molecular weight excluding hydrogens is 516 g/mol. The van der Waals surface area contributed by atoms with Crippen LogP contribution in [-0.4, -0.2) is 27.9 Å². The number of nitriles is 1. The Balaban J connectivity index is 1.63. The Labute approximate surface area is 213 Å². The first kappa shape index (κ1) is 27.4. The topological polar surface area (TPSA) is 95.7 Å².